The number of pyridine rings is 1. The number of nitrogens with one attached hydrogen (secondary N) is 1. The Morgan fingerprint density at radius 3 is 3.00 bits per heavy atom. The van der Waals surface area contributed by atoms with Crippen LogP contribution in [0.1, 0.15) is 5.56 Å². The van der Waals surface area contributed by atoms with Gasteiger partial charge in [-0.05, 0) is 30.7 Å². The molecule has 4 heteroatoms. The first-order valence-electron chi connectivity index (χ1n) is 5.59. The third-order valence-electron chi connectivity index (χ3n) is 2.69. The van der Waals surface area contributed by atoms with Crippen molar-refractivity contribution in [3.8, 4) is 0 Å². The molecular weight excluding hydrogens is 216 g/mol. The molecule has 0 aliphatic heterocycles. The minimum absolute atomic E-state index is 0.238. The summed E-state index contributed by atoms with van der Waals surface area (Å²) in [6.07, 6.45) is 1.01. The van der Waals surface area contributed by atoms with Crippen molar-refractivity contribution in [1.29, 1.82) is 0 Å². The van der Waals surface area contributed by atoms with Gasteiger partial charge in [0.15, 0.2) is 0 Å². The number of hydrogen-bond acceptors (Lipinski definition) is 4. The largest absolute Gasteiger partial charge is 0.394 e. The van der Waals surface area contributed by atoms with Crippen LogP contribution in [0.4, 0.5) is 5.69 Å². The summed E-state index contributed by atoms with van der Waals surface area (Å²) in [5.41, 5.74) is 2.94. The topological polar surface area (TPSA) is 65.4 Å². The first-order valence-corrected chi connectivity index (χ1v) is 5.59. The van der Waals surface area contributed by atoms with Gasteiger partial charge in [-0.25, -0.2) is 0 Å². The lowest BCUT2D eigenvalue weighted by atomic mass is 10.1. The van der Waals surface area contributed by atoms with Crippen molar-refractivity contribution in [2.45, 2.75) is 13.0 Å². The maximum atomic E-state index is 9.30. The molecule has 0 spiro atoms. The molecule has 0 radical (unpaired) electrons. The second-order valence-corrected chi connectivity index (χ2v) is 4.08. The molecule has 2 aromatic rings. The molecule has 17 heavy (non-hydrogen) atoms. The highest BCUT2D eigenvalue weighted by Gasteiger charge is 2.05. The number of aliphatic hydroxyl groups excluding tert-OH is 2. The predicted octanol–water partition coefficient (Wildman–Crippen LogP) is 1.31. The lowest BCUT2D eigenvalue weighted by Crippen LogP contribution is -2.23. The maximum absolute atomic E-state index is 9.30. The van der Waals surface area contributed by atoms with Crippen LogP contribution in [0.3, 0.4) is 0 Å². The van der Waals surface area contributed by atoms with E-state index in [1.54, 1.807) is 6.20 Å². The number of aliphatic hydroxyl groups is 2. The van der Waals surface area contributed by atoms with Gasteiger partial charge in [0.1, 0.15) is 0 Å². The first-order chi connectivity index (χ1) is 8.20. The van der Waals surface area contributed by atoms with E-state index in [1.165, 1.54) is 0 Å². The molecule has 90 valence electrons. The van der Waals surface area contributed by atoms with E-state index in [4.69, 9.17) is 5.11 Å². The Morgan fingerprint density at radius 2 is 2.24 bits per heavy atom. The summed E-state index contributed by atoms with van der Waals surface area (Å²) in [6, 6.07) is 7.93. The van der Waals surface area contributed by atoms with Crippen molar-refractivity contribution < 1.29 is 10.2 Å². The monoisotopic (exact) mass is 232 g/mol. The van der Waals surface area contributed by atoms with Crippen molar-refractivity contribution >= 4 is 16.6 Å². The lowest BCUT2D eigenvalue weighted by molar-refractivity contribution is 0.105. The van der Waals surface area contributed by atoms with E-state index in [1.807, 2.05) is 25.1 Å². The Balaban J connectivity index is 2.25. The smallest absolute Gasteiger partial charge is 0.0942 e. The Hall–Kier alpha value is -1.65. The minimum Gasteiger partial charge on any atom is -0.394 e. The fourth-order valence-corrected chi connectivity index (χ4v) is 1.72. The summed E-state index contributed by atoms with van der Waals surface area (Å²) in [5.74, 6) is 0. The van der Waals surface area contributed by atoms with E-state index in [-0.39, 0.29) is 6.61 Å². The number of rotatable bonds is 4. The van der Waals surface area contributed by atoms with Gasteiger partial charge >= 0.3 is 0 Å². The molecule has 4 nitrogen and oxygen atoms in total. The molecule has 0 saturated carbocycles. The molecule has 0 amide bonds. The zero-order chi connectivity index (χ0) is 12.3. The van der Waals surface area contributed by atoms with Crippen molar-refractivity contribution in [3.63, 3.8) is 0 Å². The Bertz CT molecular complexity index is 514. The second-order valence-electron chi connectivity index (χ2n) is 4.08. The molecule has 1 unspecified atom stereocenters. The number of aryl methyl sites for hydroxylation is 1. The number of hydrogen-bond donors (Lipinski definition) is 3. The minimum atomic E-state index is -0.742. The molecule has 3 N–H and O–H groups in total. The van der Waals surface area contributed by atoms with Gasteiger partial charge in [0.05, 0.1) is 18.2 Å². The number of fused-ring (bicyclic) bond motifs is 1. The van der Waals surface area contributed by atoms with Crippen molar-refractivity contribution in [2.75, 3.05) is 18.5 Å². The highest BCUT2D eigenvalue weighted by Crippen LogP contribution is 2.21. The normalized spacial score (nSPS) is 12.6. The van der Waals surface area contributed by atoms with Crippen molar-refractivity contribution in [1.82, 2.24) is 4.98 Å². The van der Waals surface area contributed by atoms with Crippen LogP contribution in [-0.4, -0.2) is 34.5 Å². The Labute approximate surface area is 99.9 Å². The van der Waals surface area contributed by atoms with E-state index >= 15 is 0 Å². The van der Waals surface area contributed by atoms with Gasteiger partial charge in [0, 0.05) is 23.8 Å². The molecule has 1 heterocycles. The van der Waals surface area contributed by atoms with Crippen LogP contribution in [0, 0.1) is 6.92 Å². The second kappa shape index (κ2) is 5.12. The molecule has 0 aliphatic carbocycles. The van der Waals surface area contributed by atoms with E-state index in [0.717, 1.165) is 22.2 Å². The summed E-state index contributed by atoms with van der Waals surface area (Å²) in [4.78, 5) is 4.28. The van der Waals surface area contributed by atoms with Gasteiger partial charge in [0.2, 0.25) is 0 Å². The van der Waals surface area contributed by atoms with E-state index < -0.39 is 6.10 Å². The molecule has 1 aromatic carbocycles. The average Bonchev–Trinajstić information content (AvgIpc) is 2.35. The van der Waals surface area contributed by atoms with E-state index in [2.05, 4.69) is 16.4 Å². The van der Waals surface area contributed by atoms with Crippen LogP contribution < -0.4 is 5.32 Å². The summed E-state index contributed by atoms with van der Waals surface area (Å²) in [7, 11) is 0. The molecule has 0 saturated heterocycles. The van der Waals surface area contributed by atoms with E-state index in [9.17, 15) is 5.11 Å². The maximum Gasteiger partial charge on any atom is 0.0942 e. The van der Waals surface area contributed by atoms with E-state index in [0.29, 0.717) is 6.54 Å². The van der Waals surface area contributed by atoms with Gasteiger partial charge in [-0.2, -0.15) is 0 Å². The molecule has 1 aromatic heterocycles. The molecule has 1 atom stereocenters. The van der Waals surface area contributed by atoms with Crippen LogP contribution in [0.2, 0.25) is 0 Å². The average molecular weight is 232 g/mol. The fraction of sp³-hybridized carbons (Fsp3) is 0.308. The highest BCUT2D eigenvalue weighted by molar-refractivity contribution is 5.83. The van der Waals surface area contributed by atoms with Crippen LogP contribution in [0.15, 0.2) is 30.5 Å². The molecule has 0 aliphatic rings. The summed E-state index contributed by atoms with van der Waals surface area (Å²) >= 11 is 0. The number of aromatic nitrogens is 1. The first kappa shape index (κ1) is 11.8. The number of nitrogens with zero attached hydrogens (tertiary/aromatic N) is 1. The molecule has 0 fully saturated rings. The summed E-state index contributed by atoms with van der Waals surface area (Å²) in [5, 5.41) is 22.2. The standard InChI is InChI=1S/C13H16N2O2/c1-9-5-10-3-2-4-14-13(10)6-12(9)15-7-11(17)8-16/h2-6,11,15-17H,7-8H2,1H3. The van der Waals surface area contributed by atoms with Crippen LogP contribution in [0.25, 0.3) is 10.9 Å². The Morgan fingerprint density at radius 1 is 1.41 bits per heavy atom. The zero-order valence-electron chi connectivity index (χ0n) is 9.72. The van der Waals surface area contributed by atoms with Gasteiger partial charge in [-0.3, -0.25) is 4.98 Å². The molecular formula is C13H16N2O2. The summed E-state index contributed by atoms with van der Waals surface area (Å²) < 4.78 is 0. The summed E-state index contributed by atoms with van der Waals surface area (Å²) in [6.45, 7) is 2.09. The molecule has 2 rings (SSSR count). The predicted molar refractivity (Wildman–Crippen MR) is 68.1 cm³/mol. The van der Waals surface area contributed by atoms with Crippen molar-refractivity contribution in [2.24, 2.45) is 0 Å². The molecule has 0 bridgehead atoms. The van der Waals surface area contributed by atoms with Gasteiger partial charge in [-0.15, -0.1) is 0 Å². The third-order valence-corrected chi connectivity index (χ3v) is 2.69. The SMILES string of the molecule is Cc1cc2cccnc2cc1NCC(O)CO. The van der Waals surface area contributed by atoms with Crippen LogP contribution in [0.5, 0.6) is 0 Å². The fourth-order valence-electron chi connectivity index (χ4n) is 1.72. The van der Waals surface area contributed by atoms with Crippen LogP contribution >= 0.6 is 0 Å². The highest BCUT2D eigenvalue weighted by atomic mass is 16.3. The van der Waals surface area contributed by atoms with Gasteiger partial charge in [-0.1, -0.05) is 6.07 Å². The van der Waals surface area contributed by atoms with Crippen molar-refractivity contribution in [3.05, 3.63) is 36.0 Å². The zero-order valence-corrected chi connectivity index (χ0v) is 9.72. The van der Waals surface area contributed by atoms with Gasteiger partial charge in [0.25, 0.3) is 0 Å². The van der Waals surface area contributed by atoms with Crippen LogP contribution in [-0.2, 0) is 0 Å². The lowest BCUT2D eigenvalue weighted by Gasteiger charge is -2.13. The Kier molecular flexibility index (Phi) is 3.56. The quantitative estimate of drug-likeness (QED) is 0.743. The number of benzene rings is 1. The number of anilines is 1. The third kappa shape index (κ3) is 2.72. The van der Waals surface area contributed by atoms with Gasteiger partial charge < -0.3 is 15.5 Å².